The summed E-state index contributed by atoms with van der Waals surface area (Å²) in [5, 5.41) is 5.21. The van der Waals surface area contributed by atoms with E-state index in [2.05, 4.69) is 232 Å². The number of benzene rings is 9. The first-order valence-electron chi connectivity index (χ1n) is 19.4. The number of hydrogen-bond acceptors (Lipinski definition) is 0. The van der Waals surface area contributed by atoms with Crippen molar-refractivity contribution in [1.82, 2.24) is 0 Å². The minimum Gasteiger partial charge on any atom is -0.0622 e. The Morgan fingerprint density at radius 2 is 0.571 bits per heavy atom. The van der Waals surface area contributed by atoms with Gasteiger partial charge in [0.25, 0.3) is 0 Å². The topological polar surface area (TPSA) is 0 Å². The van der Waals surface area contributed by atoms with Crippen LogP contribution in [0.5, 0.6) is 0 Å². The Bertz CT molecular complexity index is 2560. The fraction of sp³-hybridized carbons (Fsp3) is 0.0357. The molecule has 0 nitrogen and oxygen atoms in total. The molecule has 0 saturated carbocycles. The second-order valence-corrected chi connectivity index (χ2v) is 14.6. The smallest absolute Gasteiger partial charge is 0.0102 e. The number of rotatable bonds is 8. The van der Waals surface area contributed by atoms with Gasteiger partial charge in [0.2, 0.25) is 0 Å². The highest BCUT2D eigenvalue weighted by atomic mass is 14.2. The summed E-state index contributed by atoms with van der Waals surface area (Å²) in [6.07, 6.45) is 4.59. The second-order valence-electron chi connectivity index (χ2n) is 14.6. The molecule has 0 aliphatic rings. The molecule has 0 N–H and O–H groups in total. The maximum atomic E-state index is 2.38. The van der Waals surface area contributed by atoms with Gasteiger partial charge in [-0.05, 0) is 138 Å². The molecule has 0 saturated heterocycles. The SMILES string of the molecule is Cc1c(C)c2cc(-c3ccc(C=C(c4ccccc4)c4ccccc4)cc3)ccc2c2ccc(-c3ccc(C=C(c4ccccc4)c4ccccc4)cc3)cc12. The molecule has 0 aliphatic heterocycles. The van der Waals surface area contributed by atoms with E-state index in [9.17, 15) is 0 Å². The van der Waals surface area contributed by atoms with Crippen molar-refractivity contribution in [2.24, 2.45) is 0 Å². The van der Waals surface area contributed by atoms with Crippen LogP contribution in [0, 0.1) is 13.8 Å². The highest BCUT2D eigenvalue weighted by molar-refractivity contribution is 6.12. The molecular weight excluding hydrogens is 673 g/mol. The van der Waals surface area contributed by atoms with E-state index < -0.39 is 0 Å². The van der Waals surface area contributed by atoms with E-state index in [4.69, 9.17) is 0 Å². The molecule has 0 aromatic heterocycles. The lowest BCUT2D eigenvalue weighted by Gasteiger charge is -2.15. The zero-order chi connectivity index (χ0) is 37.8. The predicted molar refractivity (Wildman–Crippen MR) is 242 cm³/mol. The molecule has 0 heteroatoms. The van der Waals surface area contributed by atoms with Gasteiger partial charge in [-0.2, -0.15) is 0 Å². The summed E-state index contributed by atoms with van der Waals surface area (Å²) in [4.78, 5) is 0. The number of hydrogen-bond donors (Lipinski definition) is 0. The fourth-order valence-corrected chi connectivity index (χ4v) is 7.96. The van der Waals surface area contributed by atoms with Crippen LogP contribution in [0.2, 0.25) is 0 Å². The molecule has 9 rings (SSSR count). The largest absolute Gasteiger partial charge is 0.0622 e. The standard InChI is InChI=1S/C56H42/c1-39-40(2)54-38-50(44-29-25-42(26-30-44)36-56(47-19-11-5-12-20-47)48-21-13-6-14-22-48)32-34-52(54)51-33-31-49(37-53(39)51)43-27-23-41(24-28-43)35-55(45-15-7-3-8-16-45)46-17-9-4-10-18-46/h3-38H,1-2H3. The molecule has 0 amide bonds. The van der Waals surface area contributed by atoms with Gasteiger partial charge >= 0.3 is 0 Å². The molecule has 9 aromatic carbocycles. The average Bonchev–Trinajstić information content (AvgIpc) is 3.28. The Kier molecular flexibility index (Phi) is 9.54. The van der Waals surface area contributed by atoms with E-state index in [1.54, 1.807) is 0 Å². The monoisotopic (exact) mass is 714 g/mol. The molecule has 0 unspecified atom stereocenters. The van der Waals surface area contributed by atoms with Crippen molar-refractivity contribution in [3.63, 3.8) is 0 Å². The van der Waals surface area contributed by atoms with Gasteiger partial charge in [-0.3, -0.25) is 0 Å². The Morgan fingerprint density at radius 3 is 0.875 bits per heavy atom. The zero-order valence-electron chi connectivity index (χ0n) is 31.8. The van der Waals surface area contributed by atoms with Crippen LogP contribution in [0.15, 0.2) is 206 Å². The molecular formula is C56H42. The van der Waals surface area contributed by atoms with E-state index in [1.807, 2.05) is 0 Å². The molecule has 0 fully saturated rings. The van der Waals surface area contributed by atoms with Gasteiger partial charge in [-0.15, -0.1) is 0 Å². The average molecular weight is 715 g/mol. The third-order valence-electron chi connectivity index (χ3n) is 11.1. The lowest BCUT2D eigenvalue weighted by molar-refractivity contribution is 1.41. The summed E-state index contributed by atoms with van der Waals surface area (Å²) >= 11 is 0. The molecule has 0 atom stereocenters. The quantitative estimate of drug-likeness (QED) is 0.109. The second kappa shape index (κ2) is 15.4. The molecule has 0 bridgehead atoms. The van der Waals surface area contributed by atoms with Crippen LogP contribution in [-0.4, -0.2) is 0 Å². The molecule has 0 radical (unpaired) electrons. The van der Waals surface area contributed by atoms with Gasteiger partial charge in [-0.1, -0.05) is 194 Å². The van der Waals surface area contributed by atoms with E-state index in [0.29, 0.717) is 0 Å². The van der Waals surface area contributed by atoms with E-state index >= 15 is 0 Å². The fourth-order valence-electron chi connectivity index (χ4n) is 7.96. The maximum Gasteiger partial charge on any atom is -0.0102 e. The van der Waals surface area contributed by atoms with Crippen LogP contribution >= 0.6 is 0 Å². The predicted octanol–water partition coefficient (Wildman–Crippen LogP) is 15.1. The van der Waals surface area contributed by atoms with E-state index in [-0.39, 0.29) is 0 Å². The van der Waals surface area contributed by atoms with Crippen molar-refractivity contribution in [3.8, 4) is 22.3 Å². The van der Waals surface area contributed by atoms with Gasteiger partial charge in [0.05, 0.1) is 0 Å². The molecule has 266 valence electrons. The summed E-state index contributed by atoms with van der Waals surface area (Å²) in [7, 11) is 0. The maximum absolute atomic E-state index is 2.38. The first-order valence-corrected chi connectivity index (χ1v) is 19.4. The summed E-state index contributed by atoms with van der Waals surface area (Å²) < 4.78 is 0. The van der Waals surface area contributed by atoms with Crippen molar-refractivity contribution in [3.05, 3.63) is 251 Å². The molecule has 0 aliphatic carbocycles. The number of fused-ring (bicyclic) bond motifs is 3. The van der Waals surface area contributed by atoms with Crippen LogP contribution in [-0.2, 0) is 0 Å². The molecule has 9 aromatic rings. The van der Waals surface area contributed by atoms with E-state index in [1.165, 1.54) is 99.5 Å². The highest BCUT2D eigenvalue weighted by Crippen LogP contribution is 2.37. The van der Waals surface area contributed by atoms with Crippen molar-refractivity contribution in [2.75, 3.05) is 0 Å². The summed E-state index contributed by atoms with van der Waals surface area (Å²) in [5.74, 6) is 0. The summed E-state index contributed by atoms with van der Waals surface area (Å²) in [6, 6.07) is 74.5. The van der Waals surface area contributed by atoms with Gasteiger partial charge in [0.1, 0.15) is 0 Å². The van der Waals surface area contributed by atoms with Crippen molar-refractivity contribution in [2.45, 2.75) is 13.8 Å². The van der Waals surface area contributed by atoms with Crippen molar-refractivity contribution < 1.29 is 0 Å². The lowest BCUT2D eigenvalue weighted by atomic mass is 9.89. The van der Waals surface area contributed by atoms with Gasteiger partial charge < -0.3 is 0 Å². The minimum atomic E-state index is 1.18. The highest BCUT2D eigenvalue weighted by Gasteiger charge is 2.13. The Hall–Kier alpha value is -7.02. The zero-order valence-corrected chi connectivity index (χ0v) is 31.8. The Labute approximate surface area is 330 Å². The first-order chi connectivity index (χ1) is 27.6. The normalized spacial score (nSPS) is 11.0. The summed E-state index contributed by atoms with van der Waals surface area (Å²) in [6.45, 7) is 4.54. The minimum absolute atomic E-state index is 1.18. The Morgan fingerprint density at radius 1 is 0.286 bits per heavy atom. The van der Waals surface area contributed by atoms with Crippen LogP contribution in [0.25, 0.3) is 67.1 Å². The lowest BCUT2D eigenvalue weighted by Crippen LogP contribution is -1.91. The van der Waals surface area contributed by atoms with Crippen LogP contribution < -0.4 is 0 Å². The van der Waals surface area contributed by atoms with Crippen LogP contribution in [0.4, 0.5) is 0 Å². The third-order valence-corrected chi connectivity index (χ3v) is 11.1. The molecule has 56 heavy (non-hydrogen) atoms. The van der Waals surface area contributed by atoms with Gasteiger partial charge in [0.15, 0.2) is 0 Å². The van der Waals surface area contributed by atoms with Gasteiger partial charge in [0, 0.05) is 0 Å². The third kappa shape index (κ3) is 7.02. The van der Waals surface area contributed by atoms with E-state index in [0.717, 1.165) is 0 Å². The summed E-state index contributed by atoms with van der Waals surface area (Å²) in [5.41, 5.74) is 17.2. The van der Waals surface area contributed by atoms with Crippen LogP contribution in [0.3, 0.4) is 0 Å². The molecule has 0 spiro atoms. The van der Waals surface area contributed by atoms with Gasteiger partial charge in [-0.25, -0.2) is 0 Å². The Balaban J connectivity index is 1.01. The van der Waals surface area contributed by atoms with Crippen molar-refractivity contribution >= 4 is 44.8 Å². The van der Waals surface area contributed by atoms with Crippen LogP contribution in [0.1, 0.15) is 44.5 Å². The first kappa shape index (κ1) is 34.7. The van der Waals surface area contributed by atoms with Crippen molar-refractivity contribution in [1.29, 1.82) is 0 Å². The molecule has 0 heterocycles. The number of aryl methyl sites for hydroxylation is 2.